The van der Waals surface area contributed by atoms with Crippen molar-refractivity contribution in [3.05, 3.63) is 29.6 Å². The lowest BCUT2D eigenvalue weighted by Crippen LogP contribution is -2.31. The maximum Gasteiger partial charge on any atom is 0.405 e. The third-order valence-electron chi connectivity index (χ3n) is 1.98. The zero-order valence-corrected chi connectivity index (χ0v) is 8.38. The third kappa shape index (κ3) is 2.95. The van der Waals surface area contributed by atoms with Gasteiger partial charge in [-0.15, -0.1) is 0 Å². The molecule has 0 aliphatic rings. The normalized spacial score (nSPS) is 11.3. The number of carbonyl (C=O) groups is 1. The summed E-state index contributed by atoms with van der Waals surface area (Å²) < 4.78 is 49.4. The number of nitrogens with zero attached hydrogens (tertiary/aromatic N) is 1. The Balaban J connectivity index is 3.04. The van der Waals surface area contributed by atoms with Crippen LogP contribution in [-0.2, 0) is 0 Å². The largest absolute Gasteiger partial charge is 0.405 e. The van der Waals surface area contributed by atoms with Crippen molar-refractivity contribution in [1.29, 1.82) is 0 Å². The van der Waals surface area contributed by atoms with Crippen LogP contribution in [0.25, 0.3) is 0 Å². The lowest BCUT2D eigenvalue weighted by Gasteiger charge is -2.22. The van der Waals surface area contributed by atoms with Crippen molar-refractivity contribution in [2.45, 2.75) is 6.18 Å². The van der Waals surface area contributed by atoms with Gasteiger partial charge in [-0.25, -0.2) is 4.39 Å². The van der Waals surface area contributed by atoms with E-state index in [1.165, 1.54) is 12.1 Å². The summed E-state index contributed by atoms with van der Waals surface area (Å²) in [5.74, 6) is -0.832. The second kappa shape index (κ2) is 4.51. The number of rotatable bonds is 3. The van der Waals surface area contributed by atoms with Crippen LogP contribution in [0.15, 0.2) is 18.2 Å². The first-order valence-electron chi connectivity index (χ1n) is 4.36. The Kier molecular flexibility index (Phi) is 3.51. The van der Waals surface area contributed by atoms with Crippen molar-refractivity contribution >= 4 is 12.0 Å². The van der Waals surface area contributed by atoms with E-state index >= 15 is 0 Å². The van der Waals surface area contributed by atoms with Crippen molar-refractivity contribution in [2.24, 2.45) is 0 Å². The predicted molar refractivity (Wildman–Crippen MR) is 51.1 cm³/mol. The van der Waals surface area contributed by atoms with Crippen molar-refractivity contribution in [3.8, 4) is 0 Å². The van der Waals surface area contributed by atoms with Gasteiger partial charge < -0.3 is 4.90 Å². The molecular weight excluding hydrogens is 226 g/mol. The zero-order chi connectivity index (χ0) is 12.3. The molecule has 0 amide bonds. The molecule has 0 radical (unpaired) electrons. The fourth-order valence-corrected chi connectivity index (χ4v) is 1.33. The van der Waals surface area contributed by atoms with E-state index in [0.29, 0.717) is 0 Å². The Labute approximate surface area is 89.5 Å². The maximum atomic E-state index is 13.1. The SMILES string of the molecule is CN(CC(F)(F)F)c1cccc(F)c1C=O. The summed E-state index contributed by atoms with van der Waals surface area (Å²) in [6.07, 6.45) is -4.20. The first-order chi connectivity index (χ1) is 7.35. The Hall–Kier alpha value is -1.59. The Morgan fingerprint density at radius 1 is 1.38 bits per heavy atom. The summed E-state index contributed by atoms with van der Waals surface area (Å²) in [4.78, 5) is 11.4. The van der Waals surface area contributed by atoms with Gasteiger partial charge in [-0.05, 0) is 12.1 Å². The van der Waals surface area contributed by atoms with Crippen LogP contribution in [0, 0.1) is 5.82 Å². The van der Waals surface area contributed by atoms with Crippen LogP contribution >= 0.6 is 0 Å². The first-order valence-corrected chi connectivity index (χ1v) is 4.36. The molecule has 0 aliphatic heterocycles. The maximum absolute atomic E-state index is 13.1. The molecule has 88 valence electrons. The summed E-state index contributed by atoms with van der Waals surface area (Å²) in [5.41, 5.74) is -0.443. The van der Waals surface area contributed by atoms with Gasteiger partial charge in [-0.3, -0.25) is 4.79 Å². The molecular formula is C10H9F4NO. The zero-order valence-electron chi connectivity index (χ0n) is 8.38. The average Bonchev–Trinajstić information content (AvgIpc) is 2.14. The number of aldehydes is 1. The predicted octanol–water partition coefficient (Wildman–Crippen LogP) is 2.64. The number of alkyl halides is 3. The van der Waals surface area contributed by atoms with Gasteiger partial charge in [0.1, 0.15) is 12.4 Å². The molecule has 0 fully saturated rings. The van der Waals surface area contributed by atoms with Crippen LogP contribution in [0.5, 0.6) is 0 Å². The molecule has 0 aromatic heterocycles. The molecule has 0 N–H and O–H groups in total. The van der Waals surface area contributed by atoms with E-state index < -0.39 is 18.5 Å². The quantitative estimate of drug-likeness (QED) is 0.593. The smallest absolute Gasteiger partial charge is 0.365 e. The molecule has 0 aliphatic carbocycles. The number of hydrogen-bond donors (Lipinski definition) is 0. The summed E-state index contributed by atoms with van der Waals surface area (Å²) in [6, 6.07) is 3.54. The van der Waals surface area contributed by atoms with Crippen molar-refractivity contribution in [3.63, 3.8) is 0 Å². The molecule has 1 rings (SSSR count). The average molecular weight is 235 g/mol. The number of hydrogen-bond acceptors (Lipinski definition) is 2. The summed E-state index contributed by atoms with van der Waals surface area (Å²) in [7, 11) is 1.15. The van der Waals surface area contributed by atoms with E-state index in [0.717, 1.165) is 18.0 Å². The molecule has 0 heterocycles. The number of carbonyl (C=O) groups excluding carboxylic acids is 1. The first kappa shape index (κ1) is 12.5. The second-order valence-electron chi connectivity index (χ2n) is 3.26. The van der Waals surface area contributed by atoms with Gasteiger partial charge in [-0.2, -0.15) is 13.2 Å². The molecule has 0 unspecified atom stereocenters. The van der Waals surface area contributed by atoms with Gasteiger partial charge in [0.15, 0.2) is 6.29 Å². The second-order valence-corrected chi connectivity index (χ2v) is 3.26. The minimum atomic E-state index is -4.40. The number of anilines is 1. The summed E-state index contributed by atoms with van der Waals surface area (Å²) >= 11 is 0. The fraction of sp³-hybridized carbons (Fsp3) is 0.300. The molecule has 0 spiro atoms. The topological polar surface area (TPSA) is 20.3 Å². The monoisotopic (exact) mass is 235 g/mol. The molecule has 2 nitrogen and oxygen atoms in total. The Bertz CT molecular complexity index is 389. The molecule has 0 bridgehead atoms. The van der Waals surface area contributed by atoms with Gasteiger partial charge in [0.05, 0.1) is 11.3 Å². The van der Waals surface area contributed by atoms with Crippen molar-refractivity contribution in [1.82, 2.24) is 0 Å². The lowest BCUT2D eigenvalue weighted by atomic mass is 10.1. The van der Waals surface area contributed by atoms with Crippen LogP contribution in [0.1, 0.15) is 10.4 Å². The molecule has 0 atom stereocenters. The minimum Gasteiger partial charge on any atom is -0.365 e. The third-order valence-corrected chi connectivity index (χ3v) is 1.98. The highest BCUT2D eigenvalue weighted by molar-refractivity contribution is 5.84. The molecule has 16 heavy (non-hydrogen) atoms. The van der Waals surface area contributed by atoms with Gasteiger partial charge in [-0.1, -0.05) is 6.07 Å². The van der Waals surface area contributed by atoms with Gasteiger partial charge in [0.2, 0.25) is 0 Å². The summed E-state index contributed by atoms with van der Waals surface area (Å²) in [6.45, 7) is -1.24. The molecule has 6 heteroatoms. The molecule has 1 aromatic carbocycles. The van der Waals surface area contributed by atoms with E-state index in [1.807, 2.05) is 0 Å². The Morgan fingerprint density at radius 3 is 2.50 bits per heavy atom. The summed E-state index contributed by atoms with van der Waals surface area (Å²) in [5, 5.41) is 0. The van der Waals surface area contributed by atoms with Gasteiger partial charge in [0.25, 0.3) is 0 Å². The van der Waals surface area contributed by atoms with Crippen LogP contribution in [-0.4, -0.2) is 26.1 Å². The van der Waals surface area contributed by atoms with Gasteiger partial charge >= 0.3 is 6.18 Å². The number of halogens is 4. The van der Waals surface area contributed by atoms with Crippen LogP contribution in [0.3, 0.4) is 0 Å². The van der Waals surface area contributed by atoms with Crippen LogP contribution in [0.2, 0.25) is 0 Å². The highest BCUT2D eigenvalue weighted by Crippen LogP contribution is 2.24. The Morgan fingerprint density at radius 2 is 2.00 bits per heavy atom. The van der Waals surface area contributed by atoms with E-state index in [2.05, 4.69) is 0 Å². The van der Waals surface area contributed by atoms with Gasteiger partial charge in [0, 0.05) is 7.05 Å². The molecule has 0 saturated heterocycles. The highest BCUT2D eigenvalue weighted by atomic mass is 19.4. The molecule has 0 saturated carbocycles. The standard InChI is InChI=1S/C10H9F4NO/c1-15(6-10(12,13)14)9-4-2-3-8(11)7(9)5-16/h2-5H,6H2,1H3. The lowest BCUT2D eigenvalue weighted by molar-refractivity contribution is -0.119. The van der Waals surface area contributed by atoms with E-state index in [-0.39, 0.29) is 17.5 Å². The van der Waals surface area contributed by atoms with Crippen LogP contribution in [0.4, 0.5) is 23.2 Å². The van der Waals surface area contributed by atoms with E-state index in [4.69, 9.17) is 0 Å². The highest BCUT2D eigenvalue weighted by Gasteiger charge is 2.30. The van der Waals surface area contributed by atoms with E-state index in [9.17, 15) is 22.4 Å². The van der Waals surface area contributed by atoms with E-state index in [1.54, 1.807) is 0 Å². The van der Waals surface area contributed by atoms with Crippen molar-refractivity contribution < 1.29 is 22.4 Å². The van der Waals surface area contributed by atoms with Crippen LogP contribution < -0.4 is 4.90 Å². The fourth-order valence-electron chi connectivity index (χ4n) is 1.33. The number of benzene rings is 1. The van der Waals surface area contributed by atoms with Crippen molar-refractivity contribution in [2.75, 3.05) is 18.5 Å². The minimum absolute atomic E-state index is 0.0766. The molecule has 1 aromatic rings.